The fraction of sp³-hybridized carbons (Fsp3) is 0.368. The van der Waals surface area contributed by atoms with Crippen LogP contribution in [-0.4, -0.2) is 48.1 Å². The standard InChI is InChI=1S/C19H22N4S/c1-13-4-5-15(14(2)10-13)16-11-24-19-17(16)18(20-12-21-19)23-8-6-22(3)7-9-23/h4-5,10-12H,6-9H2,1-3H3. The van der Waals surface area contributed by atoms with Gasteiger partial charge >= 0.3 is 0 Å². The van der Waals surface area contributed by atoms with Crippen molar-refractivity contribution in [3.8, 4) is 11.1 Å². The molecule has 0 bridgehead atoms. The van der Waals surface area contributed by atoms with Gasteiger partial charge in [-0.15, -0.1) is 11.3 Å². The number of benzene rings is 1. The first-order valence-electron chi connectivity index (χ1n) is 8.37. The Bertz CT molecular complexity index is 878. The second kappa shape index (κ2) is 6.15. The Labute approximate surface area is 146 Å². The first kappa shape index (κ1) is 15.5. The summed E-state index contributed by atoms with van der Waals surface area (Å²) in [5.41, 5.74) is 5.16. The molecule has 4 rings (SSSR count). The molecule has 0 amide bonds. The molecule has 1 saturated heterocycles. The Hall–Kier alpha value is -1.98. The number of fused-ring (bicyclic) bond motifs is 1. The second-order valence-electron chi connectivity index (χ2n) is 6.64. The van der Waals surface area contributed by atoms with Crippen molar-refractivity contribution in [3.63, 3.8) is 0 Å². The number of likely N-dealkylation sites (N-methyl/N-ethyl adjacent to an activating group) is 1. The molecule has 5 heteroatoms. The first-order chi connectivity index (χ1) is 11.6. The van der Waals surface area contributed by atoms with Crippen LogP contribution in [0.4, 0.5) is 5.82 Å². The molecule has 24 heavy (non-hydrogen) atoms. The van der Waals surface area contributed by atoms with Crippen LogP contribution in [0.1, 0.15) is 11.1 Å². The topological polar surface area (TPSA) is 32.3 Å². The van der Waals surface area contributed by atoms with Gasteiger partial charge in [-0.2, -0.15) is 0 Å². The van der Waals surface area contributed by atoms with E-state index >= 15 is 0 Å². The van der Waals surface area contributed by atoms with Crippen LogP contribution in [-0.2, 0) is 0 Å². The van der Waals surface area contributed by atoms with E-state index in [0.717, 1.165) is 36.8 Å². The number of rotatable bonds is 2. The monoisotopic (exact) mass is 338 g/mol. The van der Waals surface area contributed by atoms with Crippen LogP contribution in [0.3, 0.4) is 0 Å². The van der Waals surface area contributed by atoms with Gasteiger partial charge in [-0.3, -0.25) is 0 Å². The molecule has 3 heterocycles. The molecule has 0 radical (unpaired) electrons. The van der Waals surface area contributed by atoms with E-state index in [4.69, 9.17) is 0 Å². The van der Waals surface area contributed by atoms with Crippen molar-refractivity contribution >= 4 is 27.4 Å². The number of hydrogen-bond acceptors (Lipinski definition) is 5. The van der Waals surface area contributed by atoms with Crippen LogP contribution in [0.5, 0.6) is 0 Å². The highest BCUT2D eigenvalue weighted by Crippen LogP contribution is 2.39. The van der Waals surface area contributed by atoms with E-state index in [1.54, 1.807) is 17.7 Å². The molecule has 1 aliphatic heterocycles. The Morgan fingerprint density at radius 2 is 1.79 bits per heavy atom. The predicted octanol–water partition coefficient (Wildman–Crippen LogP) is 3.73. The van der Waals surface area contributed by atoms with Crippen LogP contribution >= 0.6 is 11.3 Å². The molecule has 0 atom stereocenters. The van der Waals surface area contributed by atoms with Crippen LogP contribution in [0.15, 0.2) is 29.9 Å². The zero-order valence-electron chi connectivity index (χ0n) is 14.4. The van der Waals surface area contributed by atoms with Gasteiger partial charge in [0.15, 0.2) is 0 Å². The molecule has 4 nitrogen and oxygen atoms in total. The van der Waals surface area contributed by atoms with Crippen molar-refractivity contribution < 1.29 is 0 Å². The summed E-state index contributed by atoms with van der Waals surface area (Å²) in [5.74, 6) is 1.09. The van der Waals surface area contributed by atoms with Crippen LogP contribution in [0.25, 0.3) is 21.3 Å². The van der Waals surface area contributed by atoms with Crippen molar-refractivity contribution in [1.29, 1.82) is 0 Å². The van der Waals surface area contributed by atoms with E-state index in [-0.39, 0.29) is 0 Å². The zero-order chi connectivity index (χ0) is 16.7. The second-order valence-corrected chi connectivity index (χ2v) is 7.49. The predicted molar refractivity (Wildman–Crippen MR) is 102 cm³/mol. The number of thiophene rings is 1. The third-order valence-corrected chi connectivity index (χ3v) is 5.71. The highest BCUT2D eigenvalue weighted by atomic mass is 32.1. The average molecular weight is 338 g/mol. The zero-order valence-corrected chi connectivity index (χ0v) is 15.2. The van der Waals surface area contributed by atoms with Crippen LogP contribution in [0.2, 0.25) is 0 Å². The van der Waals surface area contributed by atoms with Crippen LogP contribution in [0, 0.1) is 13.8 Å². The molecule has 0 aliphatic carbocycles. The van der Waals surface area contributed by atoms with Gasteiger partial charge in [-0.25, -0.2) is 9.97 Å². The normalized spacial score (nSPS) is 16.0. The summed E-state index contributed by atoms with van der Waals surface area (Å²) in [7, 11) is 2.18. The number of aromatic nitrogens is 2. The number of nitrogens with zero attached hydrogens (tertiary/aromatic N) is 4. The third kappa shape index (κ3) is 2.68. The van der Waals surface area contributed by atoms with Gasteiger partial charge in [0.1, 0.15) is 17.0 Å². The van der Waals surface area contributed by atoms with Gasteiger partial charge in [-0.1, -0.05) is 23.8 Å². The number of piperazine rings is 1. The lowest BCUT2D eigenvalue weighted by atomic mass is 9.99. The molecule has 1 aliphatic rings. The Morgan fingerprint density at radius 1 is 1.00 bits per heavy atom. The SMILES string of the molecule is Cc1ccc(-c2csc3ncnc(N4CCN(C)CC4)c23)c(C)c1. The summed E-state index contributed by atoms with van der Waals surface area (Å²) < 4.78 is 0. The lowest BCUT2D eigenvalue weighted by Gasteiger charge is -2.33. The maximum absolute atomic E-state index is 4.66. The molecule has 0 unspecified atom stereocenters. The lowest BCUT2D eigenvalue weighted by Crippen LogP contribution is -2.44. The molecular weight excluding hydrogens is 316 g/mol. The summed E-state index contributed by atoms with van der Waals surface area (Å²) in [6.45, 7) is 8.52. The van der Waals surface area contributed by atoms with Gasteiger partial charge in [0.2, 0.25) is 0 Å². The van der Waals surface area contributed by atoms with E-state index in [0.29, 0.717) is 0 Å². The summed E-state index contributed by atoms with van der Waals surface area (Å²) in [5, 5.41) is 3.44. The van der Waals surface area contributed by atoms with Crippen molar-refractivity contribution in [2.75, 3.05) is 38.1 Å². The van der Waals surface area contributed by atoms with Crippen LogP contribution < -0.4 is 4.90 Å². The number of aryl methyl sites for hydroxylation is 2. The molecule has 2 aromatic heterocycles. The molecular formula is C19H22N4S. The molecule has 0 N–H and O–H groups in total. The first-order valence-corrected chi connectivity index (χ1v) is 9.25. The van der Waals surface area contributed by atoms with Gasteiger partial charge in [-0.05, 0) is 32.0 Å². The van der Waals surface area contributed by atoms with Crippen molar-refractivity contribution in [2.24, 2.45) is 0 Å². The fourth-order valence-electron chi connectivity index (χ4n) is 3.43. The Morgan fingerprint density at radius 3 is 2.54 bits per heavy atom. The minimum Gasteiger partial charge on any atom is -0.353 e. The van der Waals surface area contributed by atoms with E-state index < -0.39 is 0 Å². The molecule has 0 spiro atoms. The maximum atomic E-state index is 4.66. The van der Waals surface area contributed by atoms with Crippen molar-refractivity contribution in [2.45, 2.75) is 13.8 Å². The van der Waals surface area contributed by atoms with Gasteiger partial charge < -0.3 is 9.80 Å². The van der Waals surface area contributed by atoms with Crippen molar-refractivity contribution in [3.05, 3.63) is 41.0 Å². The minimum atomic E-state index is 1.02. The number of anilines is 1. The van der Waals surface area contributed by atoms with Gasteiger partial charge in [0, 0.05) is 37.1 Å². The molecule has 1 aromatic carbocycles. The quantitative estimate of drug-likeness (QED) is 0.713. The van der Waals surface area contributed by atoms with E-state index in [9.17, 15) is 0 Å². The Kier molecular flexibility index (Phi) is 3.98. The highest BCUT2D eigenvalue weighted by Gasteiger charge is 2.21. The third-order valence-electron chi connectivity index (χ3n) is 4.83. The summed E-state index contributed by atoms with van der Waals surface area (Å²) >= 11 is 1.71. The van der Waals surface area contributed by atoms with Gasteiger partial charge in [0.25, 0.3) is 0 Å². The summed E-state index contributed by atoms with van der Waals surface area (Å²) in [6, 6.07) is 6.66. The molecule has 3 aromatic rings. The average Bonchev–Trinajstić information content (AvgIpc) is 3.00. The lowest BCUT2D eigenvalue weighted by molar-refractivity contribution is 0.312. The summed E-state index contributed by atoms with van der Waals surface area (Å²) in [4.78, 5) is 15.0. The van der Waals surface area contributed by atoms with Crippen molar-refractivity contribution in [1.82, 2.24) is 14.9 Å². The molecule has 124 valence electrons. The molecule has 1 fully saturated rings. The van der Waals surface area contributed by atoms with E-state index in [1.807, 2.05) is 0 Å². The minimum absolute atomic E-state index is 1.02. The Balaban J connectivity index is 1.85. The highest BCUT2D eigenvalue weighted by molar-refractivity contribution is 7.17. The van der Waals surface area contributed by atoms with E-state index in [1.165, 1.54) is 27.6 Å². The maximum Gasteiger partial charge on any atom is 0.141 e. The van der Waals surface area contributed by atoms with E-state index in [2.05, 4.69) is 64.2 Å². The summed E-state index contributed by atoms with van der Waals surface area (Å²) in [6.07, 6.45) is 1.71. The smallest absolute Gasteiger partial charge is 0.141 e. The van der Waals surface area contributed by atoms with Gasteiger partial charge in [0.05, 0.1) is 5.39 Å². The number of hydrogen-bond donors (Lipinski definition) is 0. The molecule has 0 saturated carbocycles. The fourth-order valence-corrected chi connectivity index (χ4v) is 4.33. The largest absolute Gasteiger partial charge is 0.353 e.